The van der Waals surface area contributed by atoms with Crippen LogP contribution >= 0.6 is 11.6 Å². The van der Waals surface area contributed by atoms with Crippen LogP contribution in [0.1, 0.15) is 46.1 Å². The van der Waals surface area contributed by atoms with Crippen molar-refractivity contribution in [1.29, 1.82) is 0 Å². The summed E-state index contributed by atoms with van der Waals surface area (Å²) < 4.78 is 0. The molecule has 0 aliphatic heterocycles. The Labute approximate surface area is 155 Å². The molecular formula is C19H29ClN4O. The minimum atomic E-state index is -0.247. The molecule has 0 unspecified atom stereocenters. The van der Waals surface area contributed by atoms with Gasteiger partial charge in [0.05, 0.1) is 0 Å². The monoisotopic (exact) mass is 364 g/mol. The molecule has 0 spiro atoms. The van der Waals surface area contributed by atoms with E-state index in [1.54, 1.807) is 0 Å². The highest BCUT2D eigenvalue weighted by atomic mass is 35.5. The molecule has 0 saturated heterocycles. The minimum Gasteiger partial charge on any atom is -0.357 e. The molecule has 1 aliphatic carbocycles. The van der Waals surface area contributed by atoms with E-state index in [0.29, 0.717) is 5.96 Å². The van der Waals surface area contributed by atoms with Crippen molar-refractivity contribution in [3.05, 3.63) is 34.9 Å². The summed E-state index contributed by atoms with van der Waals surface area (Å²) in [5, 5.41) is 10.3. The lowest BCUT2D eigenvalue weighted by Crippen LogP contribution is -2.44. The van der Waals surface area contributed by atoms with E-state index in [1.165, 1.54) is 5.56 Å². The van der Waals surface area contributed by atoms with Gasteiger partial charge < -0.3 is 16.0 Å². The Morgan fingerprint density at radius 1 is 1.28 bits per heavy atom. The highest BCUT2D eigenvalue weighted by Gasteiger charge is 2.44. The van der Waals surface area contributed by atoms with Crippen molar-refractivity contribution in [1.82, 2.24) is 16.0 Å². The zero-order chi connectivity index (χ0) is 18.5. The van der Waals surface area contributed by atoms with Gasteiger partial charge in [0.2, 0.25) is 5.91 Å². The molecule has 25 heavy (non-hydrogen) atoms. The van der Waals surface area contributed by atoms with E-state index in [9.17, 15) is 4.79 Å². The highest BCUT2D eigenvalue weighted by molar-refractivity contribution is 6.30. The second kappa shape index (κ2) is 8.09. The van der Waals surface area contributed by atoms with E-state index in [0.717, 1.165) is 31.0 Å². The van der Waals surface area contributed by atoms with Crippen molar-refractivity contribution in [3.8, 4) is 0 Å². The van der Waals surface area contributed by atoms with Crippen LogP contribution in [0.2, 0.25) is 5.02 Å². The number of nitrogens with zero attached hydrogens (tertiary/aromatic N) is 1. The van der Waals surface area contributed by atoms with Gasteiger partial charge in [-0.2, -0.15) is 0 Å². The van der Waals surface area contributed by atoms with Gasteiger partial charge in [0, 0.05) is 29.1 Å². The standard InChI is InChI=1S/C19H29ClN4O/c1-5-21-17(22-12-16(25)24-18(2,3)4)23-13-19(9-10-19)14-7-6-8-15(20)11-14/h6-8,11H,5,9-10,12-13H2,1-4H3,(H,24,25)(H2,21,22,23). The van der Waals surface area contributed by atoms with Gasteiger partial charge in [-0.25, -0.2) is 4.99 Å². The first-order chi connectivity index (χ1) is 11.7. The van der Waals surface area contributed by atoms with Crippen molar-refractivity contribution < 1.29 is 4.79 Å². The van der Waals surface area contributed by atoms with Crippen molar-refractivity contribution in [2.75, 3.05) is 19.6 Å². The van der Waals surface area contributed by atoms with Crippen LogP contribution in [0.5, 0.6) is 0 Å². The number of benzene rings is 1. The molecular weight excluding hydrogens is 336 g/mol. The molecule has 1 saturated carbocycles. The van der Waals surface area contributed by atoms with E-state index in [2.05, 4.69) is 27.0 Å². The van der Waals surface area contributed by atoms with Crippen LogP contribution in [0.15, 0.2) is 29.3 Å². The number of rotatable bonds is 6. The first-order valence-electron chi connectivity index (χ1n) is 8.83. The van der Waals surface area contributed by atoms with Gasteiger partial charge in [0.1, 0.15) is 6.54 Å². The summed E-state index contributed by atoms with van der Waals surface area (Å²) in [5.74, 6) is 0.584. The molecule has 3 N–H and O–H groups in total. The first kappa shape index (κ1) is 19.6. The average molecular weight is 365 g/mol. The zero-order valence-corrected chi connectivity index (χ0v) is 16.3. The molecule has 0 heterocycles. The SMILES string of the molecule is CCNC(=NCC(=O)NC(C)(C)C)NCC1(c2cccc(Cl)c2)CC1. The summed E-state index contributed by atoms with van der Waals surface area (Å²) in [7, 11) is 0. The Balaban J connectivity index is 1.95. The van der Waals surface area contributed by atoms with Crippen LogP contribution in [-0.4, -0.2) is 37.0 Å². The summed E-state index contributed by atoms with van der Waals surface area (Å²) >= 11 is 6.13. The van der Waals surface area contributed by atoms with Gasteiger partial charge in [0.15, 0.2) is 5.96 Å². The summed E-state index contributed by atoms with van der Waals surface area (Å²) in [6.45, 7) is 9.52. The molecule has 1 fully saturated rings. The number of aliphatic imine (C=N–C) groups is 1. The van der Waals surface area contributed by atoms with E-state index in [1.807, 2.05) is 45.9 Å². The number of hydrogen-bond acceptors (Lipinski definition) is 2. The second-order valence-corrected chi connectivity index (χ2v) is 8.07. The van der Waals surface area contributed by atoms with Gasteiger partial charge >= 0.3 is 0 Å². The normalized spacial score (nSPS) is 16.3. The van der Waals surface area contributed by atoms with E-state index < -0.39 is 0 Å². The summed E-state index contributed by atoms with van der Waals surface area (Å²) in [6.07, 6.45) is 2.26. The summed E-state index contributed by atoms with van der Waals surface area (Å²) in [4.78, 5) is 16.3. The van der Waals surface area contributed by atoms with Crippen molar-refractivity contribution >= 4 is 23.5 Å². The molecule has 0 atom stereocenters. The summed E-state index contributed by atoms with van der Waals surface area (Å²) in [5.41, 5.74) is 1.13. The number of guanidine groups is 1. The first-order valence-corrected chi connectivity index (χ1v) is 9.21. The number of halogens is 1. The maximum absolute atomic E-state index is 12.0. The fraction of sp³-hybridized carbons (Fsp3) is 0.579. The quantitative estimate of drug-likeness (QED) is 0.537. The third-order valence-corrected chi connectivity index (χ3v) is 4.36. The van der Waals surface area contributed by atoms with Crippen LogP contribution in [0.25, 0.3) is 0 Å². The molecule has 0 radical (unpaired) electrons. The average Bonchev–Trinajstić information content (AvgIpc) is 3.29. The van der Waals surface area contributed by atoms with Crippen molar-refractivity contribution in [3.63, 3.8) is 0 Å². The topological polar surface area (TPSA) is 65.5 Å². The van der Waals surface area contributed by atoms with E-state index >= 15 is 0 Å². The lowest BCUT2D eigenvalue weighted by molar-refractivity contribution is -0.121. The number of hydrogen-bond donors (Lipinski definition) is 3. The highest BCUT2D eigenvalue weighted by Crippen LogP contribution is 2.48. The van der Waals surface area contributed by atoms with Crippen LogP contribution in [0.4, 0.5) is 0 Å². The molecule has 6 heteroatoms. The van der Waals surface area contributed by atoms with Crippen LogP contribution in [-0.2, 0) is 10.2 Å². The fourth-order valence-electron chi connectivity index (χ4n) is 2.74. The van der Waals surface area contributed by atoms with Crippen LogP contribution < -0.4 is 16.0 Å². The lowest BCUT2D eigenvalue weighted by atomic mass is 9.96. The molecule has 1 amide bonds. The Morgan fingerprint density at radius 2 is 2.00 bits per heavy atom. The number of carbonyl (C=O) groups is 1. The summed E-state index contributed by atoms with van der Waals surface area (Å²) in [6, 6.07) is 8.06. The van der Waals surface area contributed by atoms with E-state index in [4.69, 9.17) is 11.6 Å². The predicted octanol–water partition coefficient (Wildman–Crippen LogP) is 2.84. The van der Waals surface area contributed by atoms with Crippen molar-refractivity contribution in [2.45, 2.75) is 51.5 Å². The van der Waals surface area contributed by atoms with E-state index in [-0.39, 0.29) is 23.4 Å². The van der Waals surface area contributed by atoms with Crippen molar-refractivity contribution in [2.24, 2.45) is 4.99 Å². The van der Waals surface area contributed by atoms with Gasteiger partial charge in [-0.15, -0.1) is 0 Å². The maximum atomic E-state index is 12.0. The molecule has 0 aromatic heterocycles. The Hall–Kier alpha value is -1.75. The van der Waals surface area contributed by atoms with Gasteiger partial charge in [-0.3, -0.25) is 4.79 Å². The predicted molar refractivity (Wildman–Crippen MR) is 104 cm³/mol. The molecule has 1 aromatic rings. The van der Waals surface area contributed by atoms with Crippen LogP contribution in [0, 0.1) is 0 Å². The number of carbonyl (C=O) groups excluding carboxylic acids is 1. The molecule has 138 valence electrons. The lowest BCUT2D eigenvalue weighted by Gasteiger charge is -2.21. The molecule has 5 nitrogen and oxygen atoms in total. The smallest absolute Gasteiger partial charge is 0.242 e. The van der Waals surface area contributed by atoms with Gasteiger partial charge in [0.25, 0.3) is 0 Å². The third-order valence-electron chi connectivity index (χ3n) is 4.12. The largest absolute Gasteiger partial charge is 0.357 e. The Morgan fingerprint density at radius 3 is 2.56 bits per heavy atom. The molecule has 1 aromatic carbocycles. The molecule has 0 bridgehead atoms. The fourth-order valence-corrected chi connectivity index (χ4v) is 2.93. The molecule has 1 aliphatic rings. The second-order valence-electron chi connectivity index (χ2n) is 7.64. The third kappa shape index (κ3) is 6.24. The zero-order valence-electron chi connectivity index (χ0n) is 15.6. The Kier molecular flexibility index (Phi) is 6.33. The number of amides is 1. The minimum absolute atomic E-state index is 0.0827. The van der Waals surface area contributed by atoms with Gasteiger partial charge in [-0.05, 0) is 58.2 Å². The maximum Gasteiger partial charge on any atom is 0.242 e. The molecule has 2 rings (SSSR count). The van der Waals surface area contributed by atoms with Crippen LogP contribution in [0.3, 0.4) is 0 Å². The van der Waals surface area contributed by atoms with Gasteiger partial charge in [-0.1, -0.05) is 23.7 Å². The number of nitrogens with one attached hydrogen (secondary N) is 3. The Bertz CT molecular complexity index is 633.